The van der Waals surface area contributed by atoms with Gasteiger partial charge >= 0.3 is 0 Å². The third-order valence-electron chi connectivity index (χ3n) is 9.08. The molecule has 1 N–H and O–H groups in total. The molecule has 1 saturated heterocycles. The average Bonchev–Trinajstić information content (AvgIpc) is 3.47. The molecule has 3 nitrogen and oxygen atoms in total. The molecule has 1 heterocycles. The Bertz CT molecular complexity index is 539. The van der Waals surface area contributed by atoms with Gasteiger partial charge in [-0.3, -0.25) is 0 Å². The highest BCUT2D eigenvalue weighted by atomic mass is 16.5. The molecule has 1 aliphatic heterocycles. The first kappa shape index (κ1) is 40.4. The van der Waals surface area contributed by atoms with E-state index in [0.717, 1.165) is 26.3 Å². The molecule has 0 saturated carbocycles. The topological polar surface area (TPSA) is 30.5 Å². The third-order valence-corrected chi connectivity index (χ3v) is 9.08. The summed E-state index contributed by atoms with van der Waals surface area (Å²) >= 11 is 0. The van der Waals surface area contributed by atoms with Crippen LogP contribution in [-0.4, -0.2) is 38.5 Å². The zero-order valence-corrected chi connectivity index (χ0v) is 29.4. The number of hydrogen-bond acceptors (Lipinski definition) is 3. The van der Waals surface area contributed by atoms with Crippen molar-refractivity contribution in [1.82, 2.24) is 5.32 Å². The molecule has 0 radical (unpaired) electrons. The third kappa shape index (κ3) is 28.6. The van der Waals surface area contributed by atoms with Crippen LogP contribution in [0.1, 0.15) is 194 Å². The molecule has 0 amide bonds. The Morgan fingerprint density at radius 3 is 1.00 bits per heavy atom. The fourth-order valence-electron chi connectivity index (χ4n) is 6.13. The lowest BCUT2D eigenvalue weighted by Crippen LogP contribution is -2.30. The Morgan fingerprint density at radius 1 is 0.395 bits per heavy atom. The van der Waals surface area contributed by atoms with Crippen LogP contribution in [0.15, 0.2) is 24.3 Å². The molecular formula is C40H77NO2. The number of ether oxygens (including phenoxy) is 2. The molecule has 0 aromatic heterocycles. The molecule has 2 atom stereocenters. The number of allylic oxidation sites excluding steroid dienone is 4. The van der Waals surface area contributed by atoms with E-state index in [-0.39, 0.29) is 12.2 Å². The standard InChI is InChI=1S/C40H77NO2/c1-3-5-7-9-11-13-15-17-19-21-23-25-27-29-31-33-35-42-39-37-41-38-40(39)43-36-34-32-30-28-26-24-22-20-18-16-14-12-10-8-6-4-2/h23-26,39-41H,3-22,27-38H2,1-2H3/b25-23-,26-24-/t39-,40-/m1/s1. The smallest absolute Gasteiger partial charge is 0.0973 e. The minimum Gasteiger partial charge on any atom is -0.374 e. The summed E-state index contributed by atoms with van der Waals surface area (Å²) in [6.07, 6.45) is 48.1. The zero-order valence-electron chi connectivity index (χ0n) is 29.4. The van der Waals surface area contributed by atoms with Gasteiger partial charge in [0.25, 0.3) is 0 Å². The van der Waals surface area contributed by atoms with Crippen LogP contribution in [0.3, 0.4) is 0 Å². The van der Waals surface area contributed by atoms with Crippen molar-refractivity contribution >= 4 is 0 Å². The summed E-state index contributed by atoms with van der Waals surface area (Å²) in [5, 5.41) is 3.47. The van der Waals surface area contributed by atoms with Crippen LogP contribution in [-0.2, 0) is 9.47 Å². The molecule has 0 spiro atoms. The average molecular weight is 604 g/mol. The Kier molecular flexibility index (Phi) is 32.2. The Labute approximate surface area is 270 Å². The molecule has 43 heavy (non-hydrogen) atoms. The second-order valence-electron chi connectivity index (χ2n) is 13.4. The van der Waals surface area contributed by atoms with Gasteiger partial charge in [0.05, 0.1) is 12.2 Å². The van der Waals surface area contributed by atoms with Crippen LogP contribution in [0, 0.1) is 0 Å². The van der Waals surface area contributed by atoms with Crippen LogP contribution in [0.5, 0.6) is 0 Å². The Balaban J connectivity index is 1.83. The van der Waals surface area contributed by atoms with Gasteiger partial charge in [-0.2, -0.15) is 0 Å². The number of unbranched alkanes of at least 4 members (excludes halogenated alkanes) is 24. The first-order chi connectivity index (χ1) is 21.4. The van der Waals surface area contributed by atoms with Crippen molar-refractivity contribution < 1.29 is 9.47 Å². The lowest BCUT2D eigenvalue weighted by atomic mass is 10.1. The highest BCUT2D eigenvalue weighted by molar-refractivity contribution is 4.84. The first-order valence-corrected chi connectivity index (χ1v) is 19.6. The van der Waals surface area contributed by atoms with Crippen LogP contribution >= 0.6 is 0 Å². The summed E-state index contributed by atoms with van der Waals surface area (Å²) in [7, 11) is 0. The van der Waals surface area contributed by atoms with Crippen molar-refractivity contribution in [1.29, 1.82) is 0 Å². The van der Waals surface area contributed by atoms with Gasteiger partial charge in [0.1, 0.15) is 0 Å². The van der Waals surface area contributed by atoms with Crippen LogP contribution < -0.4 is 5.32 Å². The second-order valence-corrected chi connectivity index (χ2v) is 13.4. The van der Waals surface area contributed by atoms with Crippen molar-refractivity contribution in [2.75, 3.05) is 26.3 Å². The molecule has 1 aliphatic rings. The van der Waals surface area contributed by atoms with Crippen molar-refractivity contribution in [3.8, 4) is 0 Å². The summed E-state index contributed by atoms with van der Waals surface area (Å²) in [5.41, 5.74) is 0. The molecule has 1 fully saturated rings. The van der Waals surface area contributed by atoms with E-state index < -0.39 is 0 Å². The van der Waals surface area contributed by atoms with E-state index in [1.54, 1.807) is 0 Å². The number of nitrogens with one attached hydrogen (secondary N) is 1. The molecule has 1 rings (SSSR count). The maximum atomic E-state index is 6.20. The van der Waals surface area contributed by atoms with E-state index in [9.17, 15) is 0 Å². The summed E-state index contributed by atoms with van der Waals surface area (Å²) in [6.45, 7) is 8.22. The van der Waals surface area contributed by atoms with Crippen LogP contribution in [0.2, 0.25) is 0 Å². The SMILES string of the molecule is CCCCCCCCCCC/C=C\CCCCCO[C@@H]1CNC[C@H]1OCCCCC/C=C\CCCCCCCCCCC. The maximum absolute atomic E-state index is 6.20. The van der Waals surface area contributed by atoms with Gasteiger partial charge in [-0.25, -0.2) is 0 Å². The van der Waals surface area contributed by atoms with E-state index in [2.05, 4.69) is 43.5 Å². The first-order valence-electron chi connectivity index (χ1n) is 19.6. The van der Waals surface area contributed by atoms with E-state index >= 15 is 0 Å². The van der Waals surface area contributed by atoms with Crippen LogP contribution in [0.4, 0.5) is 0 Å². The predicted molar refractivity (Wildman–Crippen MR) is 191 cm³/mol. The summed E-state index contributed by atoms with van der Waals surface area (Å²) in [5.74, 6) is 0. The summed E-state index contributed by atoms with van der Waals surface area (Å²) < 4.78 is 12.4. The summed E-state index contributed by atoms with van der Waals surface area (Å²) in [4.78, 5) is 0. The minimum atomic E-state index is 0.236. The minimum absolute atomic E-state index is 0.236. The zero-order chi connectivity index (χ0) is 30.7. The molecule has 0 unspecified atom stereocenters. The lowest BCUT2D eigenvalue weighted by Gasteiger charge is -2.19. The van der Waals surface area contributed by atoms with E-state index in [4.69, 9.17) is 9.47 Å². The van der Waals surface area contributed by atoms with E-state index in [1.165, 1.54) is 180 Å². The van der Waals surface area contributed by atoms with Gasteiger partial charge in [0.2, 0.25) is 0 Å². The van der Waals surface area contributed by atoms with Gasteiger partial charge in [-0.1, -0.05) is 154 Å². The number of rotatable bonds is 34. The lowest BCUT2D eigenvalue weighted by molar-refractivity contribution is -0.0481. The Hall–Kier alpha value is -0.640. The Morgan fingerprint density at radius 2 is 0.674 bits per heavy atom. The van der Waals surface area contributed by atoms with E-state index in [0.29, 0.717) is 0 Å². The van der Waals surface area contributed by atoms with Gasteiger partial charge in [-0.05, 0) is 64.2 Å². The van der Waals surface area contributed by atoms with Gasteiger partial charge < -0.3 is 14.8 Å². The molecular weight excluding hydrogens is 526 g/mol. The summed E-state index contributed by atoms with van der Waals surface area (Å²) in [6, 6.07) is 0. The van der Waals surface area contributed by atoms with Crippen molar-refractivity contribution in [3.63, 3.8) is 0 Å². The van der Waals surface area contributed by atoms with Gasteiger partial charge in [0.15, 0.2) is 0 Å². The van der Waals surface area contributed by atoms with Crippen molar-refractivity contribution in [2.24, 2.45) is 0 Å². The van der Waals surface area contributed by atoms with Gasteiger partial charge in [0, 0.05) is 26.3 Å². The molecule has 0 aromatic carbocycles. The molecule has 0 aliphatic carbocycles. The molecule has 3 heteroatoms. The van der Waals surface area contributed by atoms with Crippen molar-refractivity contribution in [3.05, 3.63) is 24.3 Å². The van der Waals surface area contributed by atoms with Crippen LogP contribution in [0.25, 0.3) is 0 Å². The highest BCUT2D eigenvalue weighted by Crippen LogP contribution is 2.14. The second kappa shape index (κ2) is 34.2. The van der Waals surface area contributed by atoms with Gasteiger partial charge in [-0.15, -0.1) is 0 Å². The number of hydrogen-bond donors (Lipinski definition) is 1. The molecule has 0 bridgehead atoms. The normalized spacial score (nSPS) is 17.3. The van der Waals surface area contributed by atoms with Crippen molar-refractivity contribution in [2.45, 2.75) is 206 Å². The highest BCUT2D eigenvalue weighted by Gasteiger charge is 2.28. The largest absolute Gasteiger partial charge is 0.374 e. The fraction of sp³-hybridized carbons (Fsp3) is 0.900. The monoisotopic (exact) mass is 604 g/mol. The molecule has 254 valence electrons. The maximum Gasteiger partial charge on any atom is 0.0973 e. The quantitative estimate of drug-likeness (QED) is 0.0586. The molecule has 0 aromatic rings. The predicted octanol–water partition coefficient (Wildman–Crippen LogP) is 12.4. The fourth-order valence-corrected chi connectivity index (χ4v) is 6.13. The van der Waals surface area contributed by atoms with E-state index in [1.807, 2.05) is 0 Å².